The molecule has 158 valence electrons. The number of carbonyl (C=O) groups excluding carboxylic acids is 1. The highest BCUT2D eigenvalue weighted by atomic mass is 35.5. The third-order valence-corrected chi connectivity index (χ3v) is 5.70. The number of anilines is 1. The molecule has 3 rings (SSSR count). The molecule has 0 saturated heterocycles. The number of nitriles is 1. The Bertz CT molecular complexity index is 1100. The number of thiazole rings is 1. The number of rotatable bonds is 9. The fourth-order valence-corrected chi connectivity index (χ4v) is 3.78. The zero-order valence-electron chi connectivity index (χ0n) is 17.1. The molecule has 0 saturated carbocycles. The maximum atomic E-state index is 12.5. The molecule has 0 aliphatic carbocycles. The third-order valence-electron chi connectivity index (χ3n) is 4.42. The van der Waals surface area contributed by atoms with Gasteiger partial charge in [-0.15, -0.1) is 11.3 Å². The van der Waals surface area contributed by atoms with E-state index in [-0.39, 0.29) is 5.57 Å². The second-order valence-electron chi connectivity index (χ2n) is 6.79. The van der Waals surface area contributed by atoms with Crippen molar-refractivity contribution in [2.24, 2.45) is 0 Å². The minimum atomic E-state index is -0.496. The lowest BCUT2D eigenvalue weighted by Gasteiger charge is -2.05. The first-order valence-electron chi connectivity index (χ1n) is 9.93. The standard InChI is InChI=1S/C24H22ClN3O2S/c1-2-3-12-30-20-10-8-17(9-11-20)13-19(15-26)23(29)28-24-27-16-21(31-24)14-18-6-4-5-7-22(18)25/h4-11,13,16H,2-3,12,14H2,1H3,(H,27,28,29). The van der Waals surface area contributed by atoms with Gasteiger partial charge < -0.3 is 4.74 Å². The van der Waals surface area contributed by atoms with E-state index in [1.165, 1.54) is 11.3 Å². The Hall–Kier alpha value is -3.14. The van der Waals surface area contributed by atoms with Gasteiger partial charge in [-0.2, -0.15) is 5.26 Å². The zero-order valence-corrected chi connectivity index (χ0v) is 18.7. The van der Waals surface area contributed by atoms with Crippen molar-refractivity contribution in [2.75, 3.05) is 11.9 Å². The molecule has 0 spiro atoms. The quantitative estimate of drug-likeness (QED) is 0.242. The van der Waals surface area contributed by atoms with E-state index < -0.39 is 5.91 Å². The Morgan fingerprint density at radius 2 is 2.03 bits per heavy atom. The van der Waals surface area contributed by atoms with Gasteiger partial charge in [-0.25, -0.2) is 4.98 Å². The second kappa shape index (κ2) is 11.3. The number of carbonyl (C=O) groups is 1. The Kier molecular flexibility index (Phi) is 8.22. The van der Waals surface area contributed by atoms with Gasteiger partial charge in [0.1, 0.15) is 17.4 Å². The van der Waals surface area contributed by atoms with Gasteiger partial charge >= 0.3 is 0 Å². The number of nitrogens with one attached hydrogen (secondary N) is 1. The van der Waals surface area contributed by atoms with Gasteiger partial charge in [-0.1, -0.05) is 55.3 Å². The molecule has 0 unspecified atom stereocenters. The van der Waals surface area contributed by atoms with E-state index in [2.05, 4.69) is 17.2 Å². The summed E-state index contributed by atoms with van der Waals surface area (Å²) < 4.78 is 5.63. The van der Waals surface area contributed by atoms with E-state index >= 15 is 0 Å². The van der Waals surface area contributed by atoms with Crippen LogP contribution in [0, 0.1) is 11.3 Å². The molecule has 31 heavy (non-hydrogen) atoms. The number of hydrogen-bond donors (Lipinski definition) is 1. The summed E-state index contributed by atoms with van der Waals surface area (Å²) in [6.45, 7) is 2.78. The number of aromatic nitrogens is 1. The molecule has 7 heteroatoms. The van der Waals surface area contributed by atoms with Crippen molar-refractivity contribution in [1.29, 1.82) is 5.26 Å². The average Bonchev–Trinajstić information content (AvgIpc) is 3.21. The van der Waals surface area contributed by atoms with Crippen LogP contribution in [-0.2, 0) is 11.2 Å². The van der Waals surface area contributed by atoms with Crippen LogP contribution < -0.4 is 10.1 Å². The number of unbranched alkanes of at least 4 members (excludes halogenated alkanes) is 1. The predicted molar refractivity (Wildman–Crippen MR) is 125 cm³/mol. The largest absolute Gasteiger partial charge is 0.494 e. The lowest BCUT2D eigenvalue weighted by Crippen LogP contribution is -2.13. The predicted octanol–water partition coefficient (Wildman–Crippen LogP) is 6.11. The Morgan fingerprint density at radius 1 is 1.26 bits per heavy atom. The molecule has 1 aromatic heterocycles. The van der Waals surface area contributed by atoms with Crippen molar-refractivity contribution in [2.45, 2.75) is 26.2 Å². The van der Waals surface area contributed by atoms with Crippen LogP contribution in [0.4, 0.5) is 5.13 Å². The summed E-state index contributed by atoms with van der Waals surface area (Å²) in [4.78, 5) is 17.7. The average molecular weight is 452 g/mol. The van der Waals surface area contributed by atoms with Gasteiger partial charge in [0.2, 0.25) is 0 Å². The number of hydrogen-bond acceptors (Lipinski definition) is 5. The van der Waals surface area contributed by atoms with E-state index in [9.17, 15) is 10.1 Å². The van der Waals surface area contributed by atoms with Crippen LogP contribution in [-0.4, -0.2) is 17.5 Å². The molecule has 0 bridgehead atoms. The molecule has 1 heterocycles. The van der Waals surface area contributed by atoms with E-state index in [1.54, 1.807) is 12.3 Å². The number of amides is 1. The van der Waals surface area contributed by atoms with Gasteiger partial charge in [0.15, 0.2) is 5.13 Å². The lowest BCUT2D eigenvalue weighted by atomic mass is 10.1. The summed E-state index contributed by atoms with van der Waals surface area (Å²) in [5.74, 6) is 0.270. The smallest absolute Gasteiger partial charge is 0.268 e. The van der Waals surface area contributed by atoms with Crippen molar-refractivity contribution >= 4 is 40.1 Å². The minimum absolute atomic E-state index is 0.00232. The third kappa shape index (κ3) is 6.68. The molecule has 5 nitrogen and oxygen atoms in total. The van der Waals surface area contributed by atoms with E-state index in [4.69, 9.17) is 16.3 Å². The van der Waals surface area contributed by atoms with E-state index in [0.717, 1.165) is 34.6 Å². The monoisotopic (exact) mass is 451 g/mol. The van der Waals surface area contributed by atoms with Crippen LogP contribution in [0.5, 0.6) is 5.75 Å². The maximum absolute atomic E-state index is 12.5. The number of nitrogens with zero attached hydrogens (tertiary/aromatic N) is 2. The van der Waals surface area contributed by atoms with E-state index in [1.807, 2.05) is 54.6 Å². The van der Waals surface area contributed by atoms with Crippen molar-refractivity contribution < 1.29 is 9.53 Å². The van der Waals surface area contributed by atoms with Crippen LogP contribution in [0.15, 0.2) is 60.3 Å². The Labute approximate surface area is 191 Å². The van der Waals surface area contributed by atoms with Crippen LogP contribution >= 0.6 is 22.9 Å². The first kappa shape index (κ1) is 22.5. The normalized spacial score (nSPS) is 11.1. The van der Waals surface area contributed by atoms with Gasteiger partial charge in [0.05, 0.1) is 6.61 Å². The van der Waals surface area contributed by atoms with Crippen molar-refractivity contribution in [1.82, 2.24) is 4.98 Å². The van der Waals surface area contributed by atoms with Gasteiger partial charge in [0, 0.05) is 22.5 Å². The fraction of sp³-hybridized carbons (Fsp3) is 0.208. The van der Waals surface area contributed by atoms with Gasteiger partial charge in [-0.05, 0) is 41.8 Å². The molecule has 3 aromatic rings. The lowest BCUT2D eigenvalue weighted by molar-refractivity contribution is -0.112. The summed E-state index contributed by atoms with van der Waals surface area (Å²) in [5.41, 5.74) is 1.74. The second-order valence-corrected chi connectivity index (χ2v) is 8.32. The number of benzene rings is 2. The van der Waals surface area contributed by atoms with Gasteiger partial charge in [-0.3, -0.25) is 10.1 Å². The first-order chi connectivity index (χ1) is 15.1. The molecule has 0 radical (unpaired) electrons. The molecule has 1 amide bonds. The van der Waals surface area contributed by atoms with Crippen LogP contribution in [0.1, 0.15) is 35.8 Å². The summed E-state index contributed by atoms with van der Waals surface area (Å²) >= 11 is 7.56. The summed E-state index contributed by atoms with van der Waals surface area (Å²) in [6.07, 6.45) is 5.94. The molecule has 2 aromatic carbocycles. The highest BCUT2D eigenvalue weighted by Crippen LogP contribution is 2.25. The molecule has 0 fully saturated rings. The molecule has 1 N–H and O–H groups in total. The minimum Gasteiger partial charge on any atom is -0.494 e. The van der Waals surface area contributed by atoms with Gasteiger partial charge in [0.25, 0.3) is 5.91 Å². The fourth-order valence-electron chi connectivity index (χ4n) is 2.75. The van der Waals surface area contributed by atoms with Crippen molar-refractivity contribution in [3.05, 3.63) is 81.3 Å². The van der Waals surface area contributed by atoms with E-state index in [0.29, 0.717) is 23.2 Å². The Balaban J connectivity index is 1.63. The number of halogens is 1. The summed E-state index contributed by atoms with van der Waals surface area (Å²) in [7, 11) is 0. The molecular weight excluding hydrogens is 430 g/mol. The molecule has 0 aliphatic rings. The van der Waals surface area contributed by atoms with Crippen molar-refractivity contribution in [3.63, 3.8) is 0 Å². The first-order valence-corrected chi connectivity index (χ1v) is 11.1. The highest BCUT2D eigenvalue weighted by Gasteiger charge is 2.13. The highest BCUT2D eigenvalue weighted by molar-refractivity contribution is 7.15. The van der Waals surface area contributed by atoms with Crippen LogP contribution in [0.2, 0.25) is 5.02 Å². The number of ether oxygens (including phenoxy) is 1. The zero-order chi connectivity index (χ0) is 22.1. The van der Waals surface area contributed by atoms with Crippen LogP contribution in [0.25, 0.3) is 6.08 Å². The molecular formula is C24H22ClN3O2S. The summed E-state index contributed by atoms with van der Waals surface area (Å²) in [6, 6.07) is 16.9. The topological polar surface area (TPSA) is 75.0 Å². The van der Waals surface area contributed by atoms with Crippen LogP contribution in [0.3, 0.4) is 0 Å². The molecule has 0 aliphatic heterocycles. The SMILES string of the molecule is CCCCOc1ccc(C=C(C#N)C(=O)Nc2ncc(Cc3ccccc3Cl)s2)cc1. The Morgan fingerprint density at radius 3 is 2.74 bits per heavy atom. The summed E-state index contributed by atoms with van der Waals surface area (Å²) in [5, 5.41) is 13.3. The molecule has 0 atom stereocenters. The maximum Gasteiger partial charge on any atom is 0.268 e. The van der Waals surface area contributed by atoms with Crippen molar-refractivity contribution in [3.8, 4) is 11.8 Å².